The molecule has 2 aromatic rings. The van der Waals surface area contributed by atoms with Crippen molar-refractivity contribution >= 4 is 21.6 Å². The van der Waals surface area contributed by atoms with Gasteiger partial charge in [-0.2, -0.15) is 0 Å². The van der Waals surface area contributed by atoms with Crippen LogP contribution in [0.2, 0.25) is 0 Å². The maximum atomic E-state index is 3.50. The molecule has 116 valence electrons. The first-order valence-electron chi connectivity index (χ1n) is 8.02. The molecule has 22 heavy (non-hydrogen) atoms. The molecule has 1 N–H and O–H groups in total. The highest BCUT2D eigenvalue weighted by molar-refractivity contribution is 9.10. The van der Waals surface area contributed by atoms with Crippen molar-refractivity contribution in [1.29, 1.82) is 0 Å². The SMILES string of the molecule is Cc1cccc(N2CC[NH+](Cc3ccc(Br)cc3)CC2)c1C. The first-order valence-corrected chi connectivity index (χ1v) is 8.82. The lowest BCUT2D eigenvalue weighted by Gasteiger charge is -2.34. The molecule has 0 radical (unpaired) electrons. The van der Waals surface area contributed by atoms with E-state index in [0.717, 1.165) is 24.1 Å². The molecular weight excluding hydrogens is 336 g/mol. The van der Waals surface area contributed by atoms with Gasteiger partial charge in [0, 0.05) is 15.7 Å². The lowest BCUT2D eigenvalue weighted by molar-refractivity contribution is -0.914. The first kappa shape index (κ1) is 15.6. The molecule has 3 rings (SSSR count). The van der Waals surface area contributed by atoms with E-state index in [2.05, 4.69) is 77.1 Å². The minimum absolute atomic E-state index is 1.13. The highest BCUT2D eigenvalue weighted by Gasteiger charge is 2.21. The van der Waals surface area contributed by atoms with E-state index in [1.165, 1.54) is 35.5 Å². The van der Waals surface area contributed by atoms with E-state index in [0.29, 0.717) is 0 Å². The summed E-state index contributed by atoms with van der Waals surface area (Å²) < 4.78 is 1.16. The Morgan fingerprint density at radius 3 is 2.36 bits per heavy atom. The van der Waals surface area contributed by atoms with E-state index in [9.17, 15) is 0 Å². The first-order chi connectivity index (χ1) is 10.6. The fourth-order valence-electron chi connectivity index (χ4n) is 3.21. The second-order valence-corrected chi connectivity index (χ2v) is 7.18. The predicted octanol–water partition coefficient (Wildman–Crippen LogP) is 2.97. The molecule has 2 nitrogen and oxygen atoms in total. The van der Waals surface area contributed by atoms with Crippen LogP contribution in [-0.2, 0) is 6.54 Å². The molecule has 2 aromatic carbocycles. The van der Waals surface area contributed by atoms with Crippen molar-refractivity contribution < 1.29 is 4.90 Å². The van der Waals surface area contributed by atoms with Gasteiger partial charge in [-0.25, -0.2) is 0 Å². The van der Waals surface area contributed by atoms with E-state index in [1.807, 2.05) is 0 Å². The van der Waals surface area contributed by atoms with Gasteiger partial charge >= 0.3 is 0 Å². The number of halogens is 1. The van der Waals surface area contributed by atoms with Gasteiger partial charge in [0.05, 0.1) is 26.2 Å². The quantitative estimate of drug-likeness (QED) is 0.884. The molecule has 1 saturated heterocycles. The van der Waals surface area contributed by atoms with Crippen molar-refractivity contribution in [3.63, 3.8) is 0 Å². The number of rotatable bonds is 3. The van der Waals surface area contributed by atoms with Gasteiger partial charge in [0.1, 0.15) is 6.54 Å². The van der Waals surface area contributed by atoms with Gasteiger partial charge in [-0.05, 0) is 43.2 Å². The van der Waals surface area contributed by atoms with Gasteiger partial charge in [0.15, 0.2) is 0 Å². The number of aryl methyl sites for hydroxylation is 1. The molecule has 1 fully saturated rings. The van der Waals surface area contributed by atoms with Crippen molar-refractivity contribution in [1.82, 2.24) is 0 Å². The Hall–Kier alpha value is -1.32. The van der Waals surface area contributed by atoms with Crippen LogP contribution >= 0.6 is 15.9 Å². The Kier molecular flexibility index (Phi) is 4.84. The summed E-state index contributed by atoms with van der Waals surface area (Å²) in [5, 5.41) is 0. The zero-order valence-electron chi connectivity index (χ0n) is 13.4. The number of hydrogen-bond donors (Lipinski definition) is 1. The van der Waals surface area contributed by atoms with E-state index < -0.39 is 0 Å². The van der Waals surface area contributed by atoms with Gasteiger partial charge in [-0.1, -0.05) is 40.2 Å². The Morgan fingerprint density at radius 2 is 1.68 bits per heavy atom. The molecular formula is C19H24BrN2+. The normalized spacial score (nSPS) is 16.0. The molecule has 0 aromatic heterocycles. The lowest BCUT2D eigenvalue weighted by Crippen LogP contribution is -3.13. The average molecular weight is 360 g/mol. The molecule has 0 bridgehead atoms. The van der Waals surface area contributed by atoms with E-state index in [4.69, 9.17) is 0 Å². The van der Waals surface area contributed by atoms with Crippen LogP contribution < -0.4 is 9.80 Å². The molecule has 0 atom stereocenters. The van der Waals surface area contributed by atoms with Crippen LogP contribution in [0, 0.1) is 13.8 Å². The number of benzene rings is 2. The molecule has 1 aliphatic heterocycles. The summed E-state index contributed by atoms with van der Waals surface area (Å²) in [6, 6.07) is 15.4. The van der Waals surface area contributed by atoms with Gasteiger partial charge in [0.2, 0.25) is 0 Å². The Morgan fingerprint density at radius 1 is 1.00 bits per heavy atom. The molecule has 0 spiro atoms. The third-order valence-electron chi connectivity index (χ3n) is 4.75. The van der Waals surface area contributed by atoms with Gasteiger partial charge in [-0.15, -0.1) is 0 Å². The lowest BCUT2D eigenvalue weighted by atomic mass is 10.1. The zero-order chi connectivity index (χ0) is 15.5. The molecule has 0 saturated carbocycles. The highest BCUT2D eigenvalue weighted by atomic mass is 79.9. The molecule has 0 amide bonds. The van der Waals surface area contributed by atoms with Crippen LogP contribution in [0.25, 0.3) is 0 Å². The Bertz CT molecular complexity index is 628. The maximum Gasteiger partial charge on any atom is 0.103 e. The van der Waals surface area contributed by atoms with Crippen molar-refractivity contribution in [3.8, 4) is 0 Å². The van der Waals surface area contributed by atoms with Crippen molar-refractivity contribution in [3.05, 3.63) is 63.6 Å². The van der Waals surface area contributed by atoms with Crippen LogP contribution in [-0.4, -0.2) is 26.2 Å². The minimum Gasteiger partial charge on any atom is -0.360 e. The fourth-order valence-corrected chi connectivity index (χ4v) is 3.47. The number of nitrogens with zero attached hydrogens (tertiary/aromatic N) is 1. The molecule has 1 aliphatic rings. The van der Waals surface area contributed by atoms with Crippen molar-refractivity contribution in [2.24, 2.45) is 0 Å². The zero-order valence-corrected chi connectivity index (χ0v) is 15.0. The van der Waals surface area contributed by atoms with Crippen LogP contribution in [0.5, 0.6) is 0 Å². The Labute approximate surface area is 141 Å². The standard InChI is InChI=1S/C19H23BrN2/c1-15-4-3-5-19(16(15)2)22-12-10-21(11-13-22)14-17-6-8-18(20)9-7-17/h3-9H,10-14H2,1-2H3/p+1. The second kappa shape index (κ2) is 6.84. The third kappa shape index (κ3) is 3.53. The third-order valence-corrected chi connectivity index (χ3v) is 5.28. The van der Waals surface area contributed by atoms with Gasteiger partial charge in [0.25, 0.3) is 0 Å². The van der Waals surface area contributed by atoms with Crippen LogP contribution in [0.3, 0.4) is 0 Å². The van der Waals surface area contributed by atoms with E-state index >= 15 is 0 Å². The van der Waals surface area contributed by atoms with Crippen molar-refractivity contribution in [2.75, 3.05) is 31.1 Å². The smallest absolute Gasteiger partial charge is 0.103 e. The predicted molar refractivity (Wildman–Crippen MR) is 96.7 cm³/mol. The monoisotopic (exact) mass is 359 g/mol. The molecule has 0 unspecified atom stereocenters. The summed E-state index contributed by atoms with van der Waals surface area (Å²) in [5.41, 5.74) is 5.67. The van der Waals surface area contributed by atoms with Crippen LogP contribution in [0.15, 0.2) is 46.9 Å². The summed E-state index contributed by atoms with van der Waals surface area (Å²) in [6.45, 7) is 10.3. The maximum absolute atomic E-state index is 3.50. The van der Waals surface area contributed by atoms with Crippen LogP contribution in [0.1, 0.15) is 16.7 Å². The number of piperazine rings is 1. The fraction of sp³-hybridized carbons (Fsp3) is 0.368. The van der Waals surface area contributed by atoms with E-state index in [-0.39, 0.29) is 0 Å². The topological polar surface area (TPSA) is 7.68 Å². The average Bonchev–Trinajstić information content (AvgIpc) is 2.53. The largest absolute Gasteiger partial charge is 0.360 e. The number of quaternary nitrogens is 1. The number of anilines is 1. The minimum atomic E-state index is 1.13. The van der Waals surface area contributed by atoms with Gasteiger partial charge < -0.3 is 9.80 Å². The van der Waals surface area contributed by atoms with Gasteiger partial charge in [-0.3, -0.25) is 0 Å². The summed E-state index contributed by atoms with van der Waals surface area (Å²) in [5.74, 6) is 0. The molecule has 0 aliphatic carbocycles. The number of nitrogens with one attached hydrogen (secondary N) is 1. The molecule has 1 heterocycles. The number of hydrogen-bond acceptors (Lipinski definition) is 1. The van der Waals surface area contributed by atoms with E-state index in [1.54, 1.807) is 4.90 Å². The second-order valence-electron chi connectivity index (χ2n) is 6.26. The summed E-state index contributed by atoms with van der Waals surface area (Å²) in [6.07, 6.45) is 0. The molecule has 3 heteroatoms. The van der Waals surface area contributed by atoms with Crippen molar-refractivity contribution in [2.45, 2.75) is 20.4 Å². The summed E-state index contributed by atoms with van der Waals surface area (Å²) in [7, 11) is 0. The van der Waals surface area contributed by atoms with Crippen LogP contribution in [0.4, 0.5) is 5.69 Å². The summed E-state index contributed by atoms with van der Waals surface area (Å²) >= 11 is 3.50. The highest BCUT2D eigenvalue weighted by Crippen LogP contribution is 2.22. The summed E-state index contributed by atoms with van der Waals surface area (Å²) in [4.78, 5) is 4.23. The Balaban J connectivity index is 1.60.